The van der Waals surface area contributed by atoms with Gasteiger partial charge >= 0.3 is 0 Å². The van der Waals surface area contributed by atoms with Gasteiger partial charge in [0.15, 0.2) is 5.69 Å². The van der Waals surface area contributed by atoms with Crippen LogP contribution in [0.2, 0.25) is 5.02 Å². The zero-order valence-electron chi connectivity index (χ0n) is 18.3. The van der Waals surface area contributed by atoms with Gasteiger partial charge in [-0.15, -0.1) is 11.3 Å². The molecule has 34 heavy (non-hydrogen) atoms. The van der Waals surface area contributed by atoms with E-state index in [4.69, 9.17) is 11.6 Å². The van der Waals surface area contributed by atoms with Crippen LogP contribution in [0.4, 0.5) is 5.00 Å². The molecule has 1 aliphatic carbocycles. The summed E-state index contributed by atoms with van der Waals surface area (Å²) >= 11 is 7.45. The summed E-state index contributed by atoms with van der Waals surface area (Å²) in [6, 6.07) is 3.65. The van der Waals surface area contributed by atoms with Crippen LogP contribution < -0.4 is 10.6 Å². The Bertz CT molecular complexity index is 1340. The minimum absolute atomic E-state index is 0.0866. The first-order valence-corrected chi connectivity index (χ1v) is 13.5. The van der Waals surface area contributed by atoms with Crippen molar-refractivity contribution in [3.63, 3.8) is 0 Å². The van der Waals surface area contributed by atoms with Crippen molar-refractivity contribution in [3.05, 3.63) is 63.0 Å². The number of nitrogens with zero attached hydrogens (tertiary/aromatic N) is 3. The number of thiophene rings is 1. The lowest BCUT2D eigenvalue weighted by Gasteiger charge is -2.13. The number of hydrogen-bond acceptors (Lipinski definition) is 8. The predicted molar refractivity (Wildman–Crippen MR) is 129 cm³/mol. The summed E-state index contributed by atoms with van der Waals surface area (Å²) in [6.07, 6.45) is 7.95. The first kappa shape index (κ1) is 24.2. The maximum absolute atomic E-state index is 13.2. The number of hydrogen-bond donors (Lipinski definition) is 2. The minimum atomic E-state index is -3.73. The van der Waals surface area contributed by atoms with Crippen LogP contribution in [0.15, 0.2) is 35.9 Å². The molecule has 3 heterocycles. The molecule has 2 amide bonds. The zero-order chi connectivity index (χ0) is 24.3. The fourth-order valence-electron chi connectivity index (χ4n) is 3.62. The Hall–Kier alpha value is -2.89. The van der Waals surface area contributed by atoms with Gasteiger partial charge in [-0.05, 0) is 42.9 Å². The molecule has 3 aromatic heterocycles. The van der Waals surface area contributed by atoms with E-state index in [1.54, 1.807) is 18.5 Å². The molecule has 2 N–H and O–H groups in total. The van der Waals surface area contributed by atoms with E-state index in [9.17, 15) is 18.0 Å². The SMILES string of the molecule is CCS(=O)(=O)c1ncc(Cl)c(C(=O)Nc2sc3c(c2C(=O)NCc2cccnc2)CCCC3)n1. The number of halogens is 1. The van der Waals surface area contributed by atoms with Crippen molar-refractivity contribution in [1.82, 2.24) is 20.3 Å². The lowest BCUT2D eigenvalue weighted by molar-refractivity contribution is 0.0951. The van der Waals surface area contributed by atoms with Crippen LogP contribution in [-0.2, 0) is 29.2 Å². The van der Waals surface area contributed by atoms with Crippen molar-refractivity contribution in [1.29, 1.82) is 0 Å². The van der Waals surface area contributed by atoms with E-state index in [0.29, 0.717) is 17.1 Å². The van der Waals surface area contributed by atoms with Crippen molar-refractivity contribution in [2.24, 2.45) is 0 Å². The quantitative estimate of drug-likeness (QED) is 0.457. The van der Waals surface area contributed by atoms with E-state index >= 15 is 0 Å². The minimum Gasteiger partial charge on any atom is -0.348 e. The van der Waals surface area contributed by atoms with Crippen LogP contribution in [0.5, 0.6) is 0 Å². The Morgan fingerprint density at radius 3 is 2.71 bits per heavy atom. The fraction of sp³-hybridized carbons (Fsp3) is 0.318. The number of nitrogens with one attached hydrogen (secondary N) is 2. The highest BCUT2D eigenvalue weighted by atomic mass is 35.5. The average molecular weight is 520 g/mol. The maximum Gasteiger partial charge on any atom is 0.276 e. The number of sulfone groups is 1. The van der Waals surface area contributed by atoms with Gasteiger partial charge in [-0.1, -0.05) is 24.6 Å². The lowest BCUT2D eigenvalue weighted by Crippen LogP contribution is -2.26. The van der Waals surface area contributed by atoms with E-state index in [0.717, 1.165) is 47.9 Å². The van der Waals surface area contributed by atoms with Crippen LogP contribution in [0.25, 0.3) is 0 Å². The van der Waals surface area contributed by atoms with Crippen molar-refractivity contribution < 1.29 is 18.0 Å². The second-order valence-corrected chi connectivity index (χ2v) is 11.4. The summed E-state index contributed by atoms with van der Waals surface area (Å²) in [6.45, 7) is 1.75. The highest BCUT2D eigenvalue weighted by Gasteiger charge is 2.28. The maximum atomic E-state index is 13.2. The van der Waals surface area contributed by atoms with Crippen LogP contribution in [0.1, 0.15) is 56.6 Å². The Labute approximate surface area is 205 Å². The van der Waals surface area contributed by atoms with E-state index in [1.165, 1.54) is 18.3 Å². The third-order valence-electron chi connectivity index (χ3n) is 5.40. The largest absolute Gasteiger partial charge is 0.348 e. The van der Waals surface area contributed by atoms with Crippen LogP contribution in [0.3, 0.4) is 0 Å². The molecular weight excluding hydrogens is 498 g/mol. The van der Waals surface area contributed by atoms with Gasteiger partial charge in [0.05, 0.1) is 22.5 Å². The second kappa shape index (κ2) is 10.2. The molecule has 0 aliphatic heterocycles. The van der Waals surface area contributed by atoms with Gasteiger partial charge in [0, 0.05) is 23.8 Å². The third-order valence-corrected chi connectivity index (χ3v) is 8.39. The summed E-state index contributed by atoms with van der Waals surface area (Å²) in [5, 5.41) is 5.47. The average Bonchev–Trinajstić information content (AvgIpc) is 3.21. The van der Waals surface area contributed by atoms with E-state index in [2.05, 4.69) is 25.6 Å². The molecule has 0 fully saturated rings. The van der Waals surface area contributed by atoms with Crippen LogP contribution >= 0.6 is 22.9 Å². The van der Waals surface area contributed by atoms with Gasteiger partial charge in [0.1, 0.15) is 5.00 Å². The molecule has 12 heteroatoms. The van der Waals surface area contributed by atoms with E-state index in [1.807, 2.05) is 6.07 Å². The van der Waals surface area contributed by atoms with Crippen molar-refractivity contribution >= 4 is 49.6 Å². The number of anilines is 1. The Kier molecular flexibility index (Phi) is 7.24. The Balaban J connectivity index is 1.63. The Morgan fingerprint density at radius 1 is 1.18 bits per heavy atom. The predicted octanol–water partition coefficient (Wildman–Crippen LogP) is 3.44. The smallest absolute Gasteiger partial charge is 0.276 e. The third kappa shape index (κ3) is 5.11. The Morgan fingerprint density at radius 2 is 1.97 bits per heavy atom. The second-order valence-electron chi connectivity index (χ2n) is 7.67. The van der Waals surface area contributed by atoms with Gasteiger partial charge in [0.2, 0.25) is 15.0 Å². The first-order valence-electron chi connectivity index (χ1n) is 10.7. The molecule has 4 rings (SSSR count). The highest BCUT2D eigenvalue weighted by Crippen LogP contribution is 2.38. The molecule has 1 aliphatic rings. The molecule has 3 aromatic rings. The molecule has 0 atom stereocenters. The molecule has 0 spiro atoms. The normalized spacial score (nSPS) is 13.2. The van der Waals surface area contributed by atoms with Crippen molar-refractivity contribution in [3.8, 4) is 0 Å². The number of fused-ring (bicyclic) bond motifs is 1. The van der Waals surface area contributed by atoms with Gasteiger partial charge in [0.25, 0.3) is 11.8 Å². The molecule has 0 saturated carbocycles. The number of amides is 2. The molecular formula is C22H22ClN5O4S2. The summed E-state index contributed by atoms with van der Waals surface area (Å²) in [4.78, 5) is 39.0. The highest BCUT2D eigenvalue weighted by molar-refractivity contribution is 7.91. The summed E-state index contributed by atoms with van der Waals surface area (Å²) in [5.74, 6) is -1.23. The lowest BCUT2D eigenvalue weighted by atomic mass is 9.95. The molecule has 0 aromatic carbocycles. The molecule has 0 unspecified atom stereocenters. The number of rotatable bonds is 7. The van der Waals surface area contributed by atoms with Crippen molar-refractivity contribution in [2.45, 2.75) is 44.3 Å². The van der Waals surface area contributed by atoms with Gasteiger partial charge in [-0.2, -0.15) is 0 Å². The fourth-order valence-corrected chi connectivity index (χ4v) is 5.78. The number of aryl methyl sites for hydroxylation is 1. The molecule has 178 valence electrons. The summed E-state index contributed by atoms with van der Waals surface area (Å²) < 4.78 is 24.3. The molecule has 0 bridgehead atoms. The molecule has 0 saturated heterocycles. The number of carbonyl (C=O) groups excluding carboxylic acids is 2. The topological polar surface area (TPSA) is 131 Å². The molecule has 9 nitrogen and oxygen atoms in total. The number of pyridine rings is 1. The standard InChI is InChI=1S/C22H22ClN5O4S2/c1-2-34(31,32)22-26-12-15(23)18(27-22)20(30)28-21-17(14-7-3-4-8-16(14)33-21)19(29)25-11-13-6-5-9-24-10-13/h5-6,9-10,12H,2-4,7-8,11H2,1H3,(H,25,29)(H,28,30). The summed E-state index contributed by atoms with van der Waals surface area (Å²) in [7, 11) is -3.73. The summed E-state index contributed by atoms with van der Waals surface area (Å²) in [5.41, 5.74) is 1.93. The van der Waals surface area contributed by atoms with Crippen LogP contribution in [0, 0.1) is 0 Å². The van der Waals surface area contributed by atoms with Gasteiger partial charge < -0.3 is 10.6 Å². The van der Waals surface area contributed by atoms with Gasteiger partial charge in [-0.25, -0.2) is 18.4 Å². The first-order chi connectivity index (χ1) is 16.3. The zero-order valence-corrected chi connectivity index (χ0v) is 20.7. The monoisotopic (exact) mass is 519 g/mol. The number of carbonyl (C=O) groups is 2. The van der Waals surface area contributed by atoms with E-state index < -0.39 is 20.9 Å². The number of aromatic nitrogens is 3. The van der Waals surface area contributed by atoms with Crippen LogP contribution in [-0.4, -0.2) is 40.9 Å². The van der Waals surface area contributed by atoms with E-state index in [-0.39, 0.29) is 22.4 Å². The van der Waals surface area contributed by atoms with Crippen molar-refractivity contribution in [2.75, 3.05) is 11.1 Å². The van der Waals surface area contributed by atoms with Gasteiger partial charge in [-0.3, -0.25) is 14.6 Å². The molecule has 0 radical (unpaired) electrons.